The highest BCUT2D eigenvalue weighted by Gasteiger charge is 1.84. The number of aryl methyl sites for hydroxylation is 2. The molecule has 0 amide bonds. The molecule has 66 valence electrons. The first kappa shape index (κ1) is 11.0. The molecule has 0 saturated heterocycles. The lowest BCUT2D eigenvalue weighted by atomic mass is 10.1. The van der Waals surface area contributed by atoms with Crippen LogP contribution < -0.4 is 0 Å². The highest BCUT2D eigenvalue weighted by molar-refractivity contribution is 5.20. The van der Waals surface area contributed by atoms with Gasteiger partial charge in [-0.2, -0.15) is 0 Å². The van der Waals surface area contributed by atoms with Gasteiger partial charge in [0.1, 0.15) is 0 Å². The van der Waals surface area contributed by atoms with Crippen LogP contribution in [0.15, 0.2) is 36.9 Å². The third kappa shape index (κ3) is 4.73. The predicted molar refractivity (Wildman–Crippen MR) is 56.4 cm³/mol. The van der Waals surface area contributed by atoms with Crippen LogP contribution in [0, 0.1) is 6.92 Å². The van der Waals surface area contributed by atoms with E-state index in [-0.39, 0.29) is 0 Å². The molecule has 0 bridgehead atoms. The fourth-order valence-electron chi connectivity index (χ4n) is 0.824. The molecule has 0 radical (unpaired) electrons. The summed E-state index contributed by atoms with van der Waals surface area (Å²) in [6, 6.07) is 8.66. The van der Waals surface area contributed by atoms with Gasteiger partial charge in [-0.25, -0.2) is 0 Å². The SMILES string of the molecule is C=CC.CCc1ccc(C)cc1. The molecule has 0 fully saturated rings. The van der Waals surface area contributed by atoms with Crippen LogP contribution in [0.25, 0.3) is 0 Å². The van der Waals surface area contributed by atoms with Crippen LogP contribution in [0.1, 0.15) is 25.0 Å². The van der Waals surface area contributed by atoms with E-state index in [4.69, 9.17) is 0 Å². The summed E-state index contributed by atoms with van der Waals surface area (Å²) in [5.41, 5.74) is 2.76. The van der Waals surface area contributed by atoms with E-state index in [9.17, 15) is 0 Å². The summed E-state index contributed by atoms with van der Waals surface area (Å²) >= 11 is 0. The highest BCUT2D eigenvalue weighted by Crippen LogP contribution is 2.02. The van der Waals surface area contributed by atoms with E-state index >= 15 is 0 Å². The Labute approximate surface area is 75.9 Å². The Hall–Kier alpha value is -1.04. The van der Waals surface area contributed by atoms with Crippen LogP contribution in [0.2, 0.25) is 0 Å². The van der Waals surface area contributed by atoms with Crippen LogP contribution >= 0.6 is 0 Å². The van der Waals surface area contributed by atoms with Crippen molar-refractivity contribution in [1.82, 2.24) is 0 Å². The van der Waals surface area contributed by atoms with Crippen molar-refractivity contribution in [3.8, 4) is 0 Å². The van der Waals surface area contributed by atoms with E-state index in [1.165, 1.54) is 11.1 Å². The lowest BCUT2D eigenvalue weighted by Crippen LogP contribution is -1.77. The third-order valence-corrected chi connectivity index (χ3v) is 1.53. The molecule has 0 saturated carbocycles. The number of hydrogen-bond donors (Lipinski definition) is 0. The van der Waals surface area contributed by atoms with E-state index in [0.29, 0.717) is 0 Å². The van der Waals surface area contributed by atoms with Gasteiger partial charge in [-0.3, -0.25) is 0 Å². The summed E-state index contributed by atoms with van der Waals surface area (Å²) in [5.74, 6) is 0. The molecule has 0 spiro atoms. The molecular weight excluding hydrogens is 144 g/mol. The number of hydrogen-bond acceptors (Lipinski definition) is 0. The van der Waals surface area contributed by atoms with Crippen LogP contribution in [-0.2, 0) is 6.42 Å². The summed E-state index contributed by atoms with van der Waals surface area (Å²) in [4.78, 5) is 0. The normalized spacial score (nSPS) is 8.25. The van der Waals surface area contributed by atoms with Crippen molar-refractivity contribution in [2.75, 3.05) is 0 Å². The molecule has 1 aromatic carbocycles. The van der Waals surface area contributed by atoms with Crippen molar-refractivity contribution in [2.45, 2.75) is 27.2 Å². The Morgan fingerprint density at radius 3 is 2.00 bits per heavy atom. The summed E-state index contributed by atoms with van der Waals surface area (Å²) in [7, 11) is 0. The van der Waals surface area contributed by atoms with Crippen molar-refractivity contribution in [3.63, 3.8) is 0 Å². The smallest absolute Gasteiger partial charge is 0.0307 e. The van der Waals surface area contributed by atoms with Crippen LogP contribution in [0.4, 0.5) is 0 Å². The molecule has 0 atom stereocenters. The van der Waals surface area contributed by atoms with Gasteiger partial charge in [0.25, 0.3) is 0 Å². The van der Waals surface area contributed by atoms with E-state index in [1.807, 2.05) is 6.92 Å². The molecule has 0 heteroatoms. The van der Waals surface area contributed by atoms with Gasteiger partial charge in [-0.15, -0.1) is 6.58 Å². The minimum absolute atomic E-state index is 1.14. The van der Waals surface area contributed by atoms with E-state index < -0.39 is 0 Å². The zero-order chi connectivity index (χ0) is 9.40. The zero-order valence-electron chi connectivity index (χ0n) is 8.30. The molecule has 0 N–H and O–H groups in total. The predicted octanol–water partition coefficient (Wildman–Crippen LogP) is 3.75. The third-order valence-electron chi connectivity index (χ3n) is 1.53. The van der Waals surface area contributed by atoms with Crippen LogP contribution in [0.3, 0.4) is 0 Å². The summed E-state index contributed by atoms with van der Waals surface area (Å²) in [5, 5.41) is 0. The van der Waals surface area contributed by atoms with Gasteiger partial charge in [0.2, 0.25) is 0 Å². The van der Waals surface area contributed by atoms with Gasteiger partial charge in [0.15, 0.2) is 0 Å². The quantitative estimate of drug-likeness (QED) is 0.552. The maximum Gasteiger partial charge on any atom is -0.0307 e. The Morgan fingerprint density at radius 1 is 1.25 bits per heavy atom. The minimum atomic E-state index is 1.14. The molecule has 1 aromatic rings. The van der Waals surface area contributed by atoms with Crippen molar-refractivity contribution < 1.29 is 0 Å². The van der Waals surface area contributed by atoms with Crippen LogP contribution in [-0.4, -0.2) is 0 Å². The average molecular weight is 162 g/mol. The fourth-order valence-corrected chi connectivity index (χ4v) is 0.824. The van der Waals surface area contributed by atoms with Crippen molar-refractivity contribution in [3.05, 3.63) is 48.0 Å². The summed E-state index contributed by atoms with van der Waals surface area (Å²) in [6.07, 6.45) is 2.89. The lowest BCUT2D eigenvalue weighted by molar-refractivity contribution is 1.14. The molecule has 0 aliphatic rings. The van der Waals surface area contributed by atoms with E-state index in [2.05, 4.69) is 44.7 Å². The number of benzene rings is 1. The van der Waals surface area contributed by atoms with Crippen molar-refractivity contribution >= 4 is 0 Å². The molecule has 0 aliphatic carbocycles. The molecule has 0 nitrogen and oxygen atoms in total. The van der Waals surface area contributed by atoms with Gasteiger partial charge in [-0.05, 0) is 25.8 Å². The van der Waals surface area contributed by atoms with E-state index in [0.717, 1.165) is 6.42 Å². The maximum absolute atomic E-state index is 3.36. The topological polar surface area (TPSA) is 0 Å². The molecular formula is C12H18. The minimum Gasteiger partial charge on any atom is -0.103 e. The zero-order valence-corrected chi connectivity index (χ0v) is 8.30. The Morgan fingerprint density at radius 2 is 1.67 bits per heavy atom. The van der Waals surface area contributed by atoms with Crippen LogP contribution in [0.5, 0.6) is 0 Å². The molecule has 0 heterocycles. The molecule has 0 unspecified atom stereocenters. The lowest BCUT2D eigenvalue weighted by Gasteiger charge is -1.94. The molecule has 12 heavy (non-hydrogen) atoms. The average Bonchev–Trinajstić information content (AvgIpc) is 2.07. The Kier molecular flexibility index (Phi) is 6.08. The summed E-state index contributed by atoms with van der Waals surface area (Å²) < 4.78 is 0. The maximum atomic E-state index is 3.36. The Balaban J connectivity index is 0.000000354. The van der Waals surface area contributed by atoms with Crippen molar-refractivity contribution in [2.24, 2.45) is 0 Å². The molecule has 0 aliphatic heterocycles. The second kappa shape index (κ2) is 6.66. The first-order valence-electron chi connectivity index (χ1n) is 4.37. The molecule has 0 aromatic heterocycles. The number of allylic oxidation sites excluding steroid dienone is 1. The monoisotopic (exact) mass is 162 g/mol. The highest BCUT2D eigenvalue weighted by atomic mass is 13.9. The summed E-state index contributed by atoms with van der Waals surface area (Å²) in [6.45, 7) is 9.53. The van der Waals surface area contributed by atoms with Gasteiger partial charge >= 0.3 is 0 Å². The number of rotatable bonds is 1. The second-order valence-electron chi connectivity index (χ2n) is 2.75. The Bertz CT molecular complexity index is 206. The largest absolute Gasteiger partial charge is 0.103 e. The fraction of sp³-hybridized carbons (Fsp3) is 0.333. The molecule has 1 rings (SSSR count). The first-order chi connectivity index (χ1) is 5.74. The van der Waals surface area contributed by atoms with E-state index in [1.54, 1.807) is 6.08 Å². The second-order valence-corrected chi connectivity index (χ2v) is 2.75. The van der Waals surface area contributed by atoms with Gasteiger partial charge in [-0.1, -0.05) is 42.8 Å². The van der Waals surface area contributed by atoms with Crippen molar-refractivity contribution in [1.29, 1.82) is 0 Å². The standard InChI is InChI=1S/C9H12.C3H6/c1-3-9-6-4-8(2)5-7-9;1-3-2/h4-7H,3H2,1-2H3;3H,1H2,2H3. The first-order valence-corrected chi connectivity index (χ1v) is 4.37. The van der Waals surface area contributed by atoms with Gasteiger partial charge in [0.05, 0.1) is 0 Å². The van der Waals surface area contributed by atoms with Gasteiger partial charge in [0, 0.05) is 0 Å². The van der Waals surface area contributed by atoms with Gasteiger partial charge < -0.3 is 0 Å².